The fourth-order valence-electron chi connectivity index (χ4n) is 1.98. The molecule has 0 aliphatic heterocycles. The van der Waals surface area contributed by atoms with Crippen LogP contribution in [-0.4, -0.2) is 37.1 Å². The number of carbonyl (C=O) groups is 1. The summed E-state index contributed by atoms with van der Waals surface area (Å²) < 4.78 is 4.62. The molecule has 0 spiro atoms. The molecule has 1 aromatic rings. The van der Waals surface area contributed by atoms with E-state index in [1.54, 1.807) is 11.3 Å². The summed E-state index contributed by atoms with van der Waals surface area (Å²) in [6, 6.07) is 0. The fourth-order valence-corrected chi connectivity index (χ4v) is 2.83. The van der Waals surface area contributed by atoms with E-state index >= 15 is 0 Å². The van der Waals surface area contributed by atoms with Gasteiger partial charge in [0.25, 0.3) is 0 Å². The molecule has 0 saturated heterocycles. The number of guanidine groups is 1. The topological polar surface area (TPSA) is 75.6 Å². The van der Waals surface area contributed by atoms with Gasteiger partial charge in [-0.25, -0.2) is 9.98 Å². The third-order valence-electron chi connectivity index (χ3n) is 3.37. The van der Waals surface area contributed by atoms with Crippen molar-refractivity contribution >= 4 is 23.3 Å². The van der Waals surface area contributed by atoms with Gasteiger partial charge >= 0.3 is 5.97 Å². The van der Waals surface area contributed by atoms with Crippen LogP contribution in [0.2, 0.25) is 0 Å². The molecular formula is C16H28N4O2S. The van der Waals surface area contributed by atoms with Gasteiger partial charge in [0.15, 0.2) is 5.96 Å². The minimum Gasteiger partial charge on any atom is -0.469 e. The predicted octanol–water partition coefficient (Wildman–Crippen LogP) is 2.55. The lowest BCUT2D eigenvalue weighted by Gasteiger charge is -2.10. The Balaban J connectivity index is 2.31. The number of aromatic nitrogens is 1. The zero-order valence-electron chi connectivity index (χ0n) is 14.6. The summed E-state index contributed by atoms with van der Waals surface area (Å²) in [6.07, 6.45) is 3.34. The maximum atomic E-state index is 11.0. The van der Waals surface area contributed by atoms with Crippen LogP contribution in [0.1, 0.15) is 48.2 Å². The number of nitrogens with one attached hydrogen (secondary N) is 2. The SMILES string of the molecule is CCNC(=NCc1nc(C)c(C)s1)NCCCCCC(=O)OC. The van der Waals surface area contributed by atoms with Gasteiger partial charge in [-0.2, -0.15) is 0 Å². The highest BCUT2D eigenvalue weighted by molar-refractivity contribution is 7.11. The van der Waals surface area contributed by atoms with Crippen LogP contribution >= 0.6 is 11.3 Å². The molecule has 0 saturated carbocycles. The smallest absolute Gasteiger partial charge is 0.305 e. The average Bonchev–Trinajstić information content (AvgIpc) is 2.86. The van der Waals surface area contributed by atoms with E-state index in [1.165, 1.54) is 12.0 Å². The Morgan fingerprint density at radius 1 is 1.26 bits per heavy atom. The summed E-state index contributed by atoms with van der Waals surface area (Å²) in [4.78, 5) is 21.3. The van der Waals surface area contributed by atoms with E-state index in [-0.39, 0.29) is 5.97 Å². The molecule has 7 heteroatoms. The zero-order valence-corrected chi connectivity index (χ0v) is 15.4. The van der Waals surface area contributed by atoms with E-state index in [0.717, 1.165) is 49.0 Å². The number of ether oxygens (including phenoxy) is 1. The van der Waals surface area contributed by atoms with E-state index in [4.69, 9.17) is 0 Å². The monoisotopic (exact) mass is 340 g/mol. The Morgan fingerprint density at radius 2 is 2.04 bits per heavy atom. The first-order valence-electron chi connectivity index (χ1n) is 8.08. The van der Waals surface area contributed by atoms with Gasteiger partial charge in [0, 0.05) is 24.4 Å². The third-order valence-corrected chi connectivity index (χ3v) is 4.42. The predicted molar refractivity (Wildman–Crippen MR) is 94.9 cm³/mol. The second-order valence-electron chi connectivity index (χ2n) is 5.26. The van der Waals surface area contributed by atoms with Crippen molar-refractivity contribution in [3.8, 4) is 0 Å². The van der Waals surface area contributed by atoms with Gasteiger partial charge in [0.1, 0.15) is 5.01 Å². The molecule has 0 aromatic carbocycles. The highest BCUT2D eigenvalue weighted by Crippen LogP contribution is 2.16. The minimum absolute atomic E-state index is 0.137. The fraction of sp³-hybridized carbons (Fsp3) is 0.688. The summed E-state index contributed by atoms with van der Waals surface area (Å²) in [7, 11) is 1.43. The third kappa shape index (κ3) is 7.97. The highest BCUT2D eigenvalue weighted by atomic mass is 32.1. The first kappa shape index (κ1) is 19.4. The van der Waals surface area contributed by atoms with Crippen LogP contribution < -0.4 is 10.6 Å². The molecule has 1 aromatic heterocycles. The second kappa shape index (κ2) is 11.0. The van der Waals surface area contributed by atoms with E-state index in [9.17, 15) is 4.79 Å². The molecule has 130 valence electrons. The van der Waals surface area contributed by atoms with Crippen molar-refractivity contribution in [2.45, 2.75) is 53.0 Å². The maximum Gasteiger partial charge on any atom is 0.305 e. The minimum atomic E-state index is -0.137. The van der Waals surface area contributed by atoms with Crippen LogP contribution in [0.15, 0.2) is 4.99 Å². The molecule has 0 unspecified atom stereocenters. The molecule has 0 radical (unpaired) electrons. The number of methoxy groups -OCH3 is 1. The summed E-state index contributed by atoms with van der Waals surface area (Å²) in [5.41, 5.74) is 1.09. The van der Waals surface area contributed by atoms with Gasteiger partial charge in [0.05, 0.1) is 19.3 Å². The molecule has 1 rings (SSSR count). The molecule has 2 N–H and O–H groups in total. The van der Waals surface area contributed by atoms with Crippen LogP contribution in [-0.2, 0) is 16.1 Å². The van der Waals surface area contributed by atoms with Gasteiger partial charge in [-0.3, -0.25) is 4.79 Å². The molecule has 0 aliphatic rings. The van der Waals surface area contributed by atoms with Crippen LogP contribution in [0.3, 0.4) is 0 Å². The molecule has 0 amide bonds. The van der Waals surface area contributed by atoms with Crippen LogP contribution in [0.5, 0.6) is 0 Å². The van der Waals surface area contributed by atoms with Crippen molar-refractivity contribution in [1.29, 1.82) is 0 Å². The first-order valence-corrected chi connectivity index (χ1v) is 8.90. The maximum absolute atomic E-state index is 11.0. The highest BCUT2D eigenvalue weighted by Gasteiger charge is 2.04. The number of nitrogens with zero attached hydrogens (tertiary/aromatic N) is 2. The van der Waals surface area contributed by atoms with Gasteiger partial charge < -0.3 is 15.4 Å². The molecule has 23 heavy (non-hydrogen) atoms. The van der Waals surface area contributed by atoms with Crippen molar-refractivity contribution in [2.75, 3.05) is 20.2 Å². The molecule has 6 nitrogen and oxygen atoms in total. The van der Waals surface area contributed by atoms with Crippen molar-refractivity contribution in [3.05, 3.63) is 15.6 Å². The van der Waals surface area contributed by atoms with Gasteiger partial charge in [-0.15, -0.1) is 11.3 Å². The molecule has 1 heterocycles. The van der Waals surface area contributed by atoms with E-state index < -0.39 is 0 Å². The lowest BCUT2D eigenvalue weighted by atomic mass is 10.2. The van der Waals surface area contributed by atoms with Crippen LogP contribution in [0, 0.1) is 13.8 Å². The van der Waals surface area contributed by atoms with Gasteiger partial charge in [-0.05, 0) is 33.6 Å². The van der Waals surface area contributed by atoms with Crippen molar-refractivity contribution in [3.63, 3.8) is 0 Å². The van der Waals surface area contributed by atoms with Crippen molar-refractivity contribution in [1.82, 2.24) is 15.6 Å². The van der Waals surface area contributed by atoms with Crippen molar-refractivity contribution < 1.29 is 9.53 Å². The number of thiazole rings is 1. The Kier molecular flexibility index (Phi) is 9.28. The largest absolute Gasteiger partial charge is 0.469 e. The molecule has 0 aliphatic carbocycles. The number of hydrogen-bond acceptors (Lipinski definition) is 5. The summed E-state index contributed by atoms with van der Waals surface area (Å²) >= 11 is 1.70. The number of unbranched alkanes of at least 4 members (excludes halogenated alkanes) is 2. The Morgan fingerprint density at radius 3 is 2.65 bits per heavy atom. The standard InChI is InChI=1S/C16H28N4O2S/c1-5-17-16(18-10-8-6-7-9-15(21)22-4)19-11-14-20-12(2)13(3)23-14/h5-11H2,1-4H3,(H2,17,18,19). The second-order valence-corrected chi connectivity index (χ2v) is 6.55. The Hall–Kier alpha value is -1.63. The zero-order chi connectivity index (χ0) is 17.1. The number of aryl methyl sites for hydroxylation is 2. The van der Waals surface area contributed by atoms with Crippen LogP contribution in [0.25, 0.3) is 0 Å². The van der Waals surface area contributed by atoms with Crippen LogP contribution in [0.4, 0.5) is 0 Å². The lowest BCUT2D eigenvalue weighted by molar-refractivity contribution is -0.140. The lowest BCUT2D eigenvalue weighted by Crippen LogP contribution is -2.37. The van der Waals surface area contributed by atoms with E-state index in [1.807, 2.05) is 13.8 Å². The van der Waals surface area contributed by atoms with E-state index in [2.05, 4.69) is 32.3 Å². The first-order chi connectivity index (χ1) is 11.1. The summed E-state index contributed by atoms with van der Waals surface area (Å²) in [6.45, 7) is 8.41. The number of rotatable bonds is 9. The summed E-state index contributed by atoms with van der Waals surface area (Å²) in [5.74, 6) is 0.674. The molecular weight excluding hydrogens is 312 g/mol. The Labute approximate surface area is 142 Å². The van der Waals surface area contributed by atoms with Gasteiger partial charge in [-0.1, -0.05) is 6.42 Å². The normalized spacial score (nSPS) is 11.4. The molecule has 0 atom stereocenters. The van der Waals surface area contributed by atoms with E-state index in [0.29, 0.717) is 13.0 Å². The van der Waals surface area contributed by atoms with Gasteiger partial charge in [0.2, 0.25) is 0 Å². The Bertz CT molecular complexity index is 495. The molecule has 0 fully saturated rings. The van der Waals surface area contributed by atoms with Crippen molar-refractivity contribution in [2.24, 2.45) is 4.99 Å². The average molecular weight is 340 g/mol. The number of aliphatic imine (C=N–C) groups is 1. The summed E-state index contributed by atoms with van der Waals surface area (Å²) in [5, 5.41) is 7.59. The number of hydrogen-bond donors (Lipinski definition) is 2. The number of esters is 1. The quantitative estimate of drug-likeness (QED) is 0.313. The molecule has 0 bridgehead atoms. The number of carbonyl (C=O) groups excluding carboxylic acids is 1.